The predicted molar refractivity (Wildman–Crippen MR) is 108 cm³/mol. The molecule has 0 spiro atoms. The largest absolute Gasteiger partial charge is 0.507 e. The lowest BCUT2D eigenvalue weighted by atomic mass is 10.1. The van der Waals surface area contributed by atoms with Gasteiger partial charge in [-0.3, -0.25) is 4.79 Å². The maximum Gasteiger partial charge on any atom is 0.274 e. The molecule has 3 aromatic rings. The number of pyridine rings is 1. The number of para-hydroxylation sites is 1. The van der Waals surface area contributed by atoms with Crippen LogP contribution in [0.25, 0.3) is 16.9 Å². The maximum atomic E-state index is 13.1. The van der Waals surface area contributed by atoms with Crippen LogP contribution in [0.1, 0.15) is 10.5 Å². The molecule has 29 heavy (non-hydrogen) atoms. The van der Waals surface area contributed by atoms with Crippen LogP contribution in [0.5, 0.6) is 11.6 Å². The number of aromatic nitrogens is 3. The van der Waals surface area contributed by atoms with Gasteiger partial charge in [-0.15, -0.1) is 0 Å². The lowest BCUT2D eigenvalue weighted by Crippen LogP contribution is -2.47. The topological polar surface area (TPSA) is 83.7 Å². The van der Waals surface area contributed by atoms with Crippen molar-refractivity contribution in [3.8, 4) is 28.6 Å². The number of likely N-dealkylation sites (N-methyl/N-ethyl adjacent to an activating group) is 1. The Morgan fingerprint density at radius 2 is 1.86 bits per heavy atom. The van der Waals surface area contributed by atoms with E-state index in [1.54, 1.807) is 48.3 Å². The number of rotatable bonds is 4. The molecule has 1 aliphatic heterocycles. The summed E-state index contributed by atoms with van der Waals surface area (Å²) < 4.78 is 6.75. The number of phenolic OH excluding ortho intramolecular Hbond substituents is 1. The number of nitrogens with zero attached hydrogens (tertiary/aromatic N) is 5. The highest BCUT2D eigenvalue weighted by Gasteiger charge is 2.25. The monoisotopic (exact) mass is 393 g/mol. The second kappa shape index (κ2) is 7.92. The molecule has 2 aromatic heterocycles. The third-order valence-corrected chi connectivity index (χ3v) is 5.07. The number of ether oxygens (including phenoxy) is 1. The quantitative estimate of drug-likeness (QED) is 0.730. The van der Waals surface area contributed by atoms with Gasteiger partial charge in [0.2, 0.25) is 5.88 Å². The fourth-order valence-electron chi connectivity index (χ4n) is 3.35. The maximum absolute atomic E-state index is 13.1. The zero-order valence-corrected chi connectivity index (χ0v) is 16.4. The highest BCUT2D eigenvalue weighted by atomic mass is 16.5. The van der Waals surface area contributed by atoms with Gasteiger partial charge in [-0.05, 0) is 31.3 Å². The van der Waals surface area contributed by atoms with Crippen LogP contribution in [0, 0.1) is 0 Å². The number of piperazine rings is 1. The van der Waals surface area contributed by atoms with Gasteiger partial charge in [0.15, 0.2) is 5.69 Å². The van der Waals surface area contributed by atoms with E-state index in [-0.39, 0.29) is 11.7 Å². The van der Waals surface area contributed by atoms with Gasteiger partial charge < -0.3 is 19.6 Å². The van der Waals surface area contributed by atoms with Crippen LogP contribution >= 0.6 is 0 Å². The molecule has 0 atom stereocenters. The van der Waals surface area contributed by atoms with Crippen molar-refractivity contribution in [3.63, 3.8) is 0 Å². The summed E-state index contributed by atoms with van der Waals surface area (Å²) >= 11 is 0. The first kappa shape index (κ1) is 18.9. The van der Waals surface area contributed by atoms with Crippen LogP contribution in [-0.2, 0) is 0 Å². The second-order valence-electron chi connectivity index (χ2n) is 7.00. The number of aromatic hydroxyl groups is 1. The number of benzene rings is 1. The third-order valence-electron chi connectivity index (χ3n) is 5.07. The lowest BCUT2D eigenvalue weighted by Gasteiger charge is -2.31. The van der Waals surface area contributed by atoms with Gasteiger partial charge in [-0.25, -0.2) is 9.67 Å². The highest BCUT2D eigenvalue weighted by molar-refractivity contribution is 5.94. The average Bonchev–Trinajstić information content (AvgIpc) is 3.19. The highest BCUT2D eigenvalue weighted by Crippen LogP contribution is 2.31. The molecule has 0 saturated carbocycles. The minimum Gasteiger partial charge on any atom is -0.507 e. The third kappa shape index (κ3) is 3.79. The van der Waals surface area contributed by atoms with E-state index in [4.69, 9.17) is 4.74 Å². The van der Waals surface area contributed by atoms with Crippen molar-refractivity contribution in [1.82, 2.24) is 24.6 Å². The van der Waals surface area contributed by atoms with E-state index in [1.165, 1.54) is 0 Å². The minimum absolute atomic E-state index is 0.116. The summed E-state index contributed by atoms with van der Waals surface area (Å²) in [6.07, 6.45) is 1.62. The van der Waals surface area contributed by atoms with Crippen LogP contribution in [0.3, 0.4) is 0 Å². The molecule has 1 aromatic carbocycles. The number of phenols is 1. The van der Waals surface area contributed by atoms with Crippen LogP contribution in [0.4, 0.5) is 0 Å². The minimum atomic E-state index is -0.116. The lowest BCUT2D eigenvalue weighted by molar-refractivity contribution is 0.0657. The number of amides is 1. The summed E-state index contributed by atoms with van der Waals surface area (Å²) in [5.41, 5.74) is 2.21. The van der Waals surface area contributed by atoms with Crippen LogP contribution in [-0.4, -0.2) is 75.9 Å². The van der Waals surface area contributed by atoms with Crippen LogP contribution < -0.4 is 4.74 Å². The van der Waals surface area contributed by atoms with Crippen molar-refractivity contribution in [3.05, 3.63) is 54.4 Å². The zero-order chi connectivity index (χ0) is 20.4. The number of methoxy groups -OCH3 is 1. The Hall–Kier alpha value is -3.39. The Labute approximate surface area is 169 Å². The molecule has 1 N–H and O–H groups in total. The fraction of sp³-hybridized carbons (Fsp3) is 0.286. The normalized spacial score (nSPS) is 14.8. The molecule has 3 heterocycles. The standard InChI is InChI=1S/C21H23N5O3/c1-24-9-11-25(12-10-24)21(28)17-13-18(16-5-3-4-6-19(16)27)26(23-17)15-7-8-20(29-2)22-14-15/h3-8,13-14,27H,9-12H2,1-2H3. The van der Waals surface area contributed by atoms with Crippen molar-refractivity contribution >= 4 is 5.91 Å². The molecule has 1 aliphatic rings. The summed E-state index contributed by atoms with van der Waals surface area (Å²) in [4.78, 5) is 21.3. The van der Waals surface area contributed by atoms with E-state index in [9.17, 15) is 9.90 Å². The van der Waals surface area contributed by atoms with Crippen molar-refractivity contribution in [2.75, 3.05) is 40.3 Å². The molecule has 0 bridgehead atoms. The van der Waals surface area contributed by atoms with Gasteiger partial charge in [0.05, 0.1) is 24.7 Å². The van der Waals surface area contributed by atoms with Crippen LogP contribution in [0.2, 0.25) is 0 Å². The van der Waals surface area contributed by atoms with Gasteiger partial charge in [0.25, 0.3) is 5.91 Å². The summed E-state index contributed by atoms with van der Waals surface area (Å²) in [5.74, 6) is 0.488. The molecule has 150 valence electrons. The Morgan fingerprint density at radius 3 is 2.52 bits per heavy atom. The Kier molecular flexibility index (Phi) is 5.18. The predicted octanol–water partition coefficient (Wildman–Crippen LogP) is 2.04. The summed E-state index contributed by atoms with van der Waals surface area (Å²) in [7, 11) is 3.60. The molecule has 8 heteroatoms. The van der Waals surface area contributed by atoms with E-state index in [2.05, 4.69) is 15.0 Å². The molecular weight excluding hydrogens is 370 g/mol. The van der Waals surface area contributed by atoms with E-state index >= 15 is 0 Å². The molecule has 1 saturated heterocycles. The summed E-state index contributed by atoms with van der Waals surface area (Å²) in [6.45, 7) is 3.00. The Bertz CT molecular complexity index is 1010. The van der Waals surface area contributed by atoms with Crippen LogP contribution in [0.15, 0.2) is 48.7 Å². The van der Waals surface area contributed by atoms with Crippen molar-refractivity contribution < 1.29 is 14.6 Å². The number of hydrogen-bond acceptors (Lipinski definition) is 6. The molecule has 0 unspecified atom stereocenters. The molecule has 0 radical (unpaired) electrons. The van der Waals surface area contributed by atoms with E-state index in [0.717, 1.165) is 13.1 Å². The number of carbonyl (C=O) groups excluding carboxylic acids is 1. The van der Waals surface area contributed by atoms with Crippen molar-refractivity contribution in [1.29, 1.82) is 0 Å². The zero-order valence-electron chi connectivity index (χ0n) is 16.4. The number of hydrogen-bond donors (Lipinski definition) is 1. The van der Waals surface area contributed by atoms with E-state index in [1.807, 2.05) is 24.1 Å². The first-order valence-electron chi connectivity index (χ1n) is 9.43. The van der Waals surface area contributed by atoms with E-state index in [0.29, 0.717) is 41.6 Å². The Balaban J connectivity index is 1.76. The molecule has 1 fully saturated rings. The van der Waals surface area contributed by atoms with Gasteiger partial charge in [-0.2, -0.15) is 5.10 Å². The van der Waals surface area contributed by atoms with Crippen molar-refractivity contribution in [2.24, 2.45) is 0 Å². The molecule has 1 amide bonds. The van der Waals surface area contributed by atoms with Gasteiger partial charge in [0.1, 0.15) is 5.75 Å². The first-order chi connectivity index (χ1) is 14.1. The van der Waals surface area contributed by atoms with Gasteiger partial charge >= 0.3 is 0 Å². The average molecular weight is 393 g/mol. The molecule has 0 aliphatic carbocycles. The smallest absolute Gasteiger partial charge is 0.274 e. The van der Waals surface area contributed by atoms with E-state index < -0.39 is 0 Å². The second-order valence-corrected chi connectivity index (χ2v) is 7.00. The molecular formula is C21H23N5O3. The summed E-state index contributed by atoms with van der Waals surface area (Å²) in [6, 6.07) is 12.3. The van der Waals surface area contributed by atoms with Gasteiger partial charge in [-0.1, -0.05) is 12.1 Å². The number of carbonyl (C=O) groups is 1. The van der Waals surface area contributed by atoms with Gasteiger partial charge in [0, 0.05) is 37.8 Å². The summed E-state index contributed by atoms with van der Waals surface area (Å²) in [5, 5.41) is 14.9. The fourth-order valence-corrected chi connectivity index (χ4v) is 3.35. The SMILES string of the molecule is COc1ccc(-n2nc(C(=O)N3CCN(C)CC3)cc2-c2ccccc2O)cn1. The first-order valence-corrected chi connectivity index (χ1v) is 9.43. The Morgan fingerprint density at radius 1 is 1.10 bits per heavy atom. The molecule has 4 rings (SSSR count). The molecule has 8 nitrogen and oxygen atoms in total. The van der Waals surface area contributed by atoms with Crippen molar-refractivity contribution in [2.45, 2.75) is 0 Å².